The molecule has 2 aliphatic rings. The van der Waals surface area contributed by atoms with Crippen LogP contribution < -0.4 is 20.3 Å². The molecule has 1 atom stereocenters. The van der Waals surface area contributed by atoms with Gasteiger partial charge in [0.25, 0.3) is 0 Å². The van der Waals surface area contributed by atoms with Crippen LogP contribution >= 0.6 is 9.24 Å². The molecule has 9 nitrogen and oxygen atoms in total. The van der Waals surface area contributed by atoms with Crippen molar-refractivity contribution in [3.63, 3.8) is 0 Å². The zero-order chi connectivity index (χ0) is 20.7. The molecule has 156 valence electrons. The second-order valence-corrected chi connectivity index (χ2v) is 8.55. The highest BCUT2D eigenvalue weighted by Crippen LogP contribution is 2.34. The first-order chi connectivity index (χ1) is 14.6. The van der Waals surface area contributed by atoms with Crippen molar-refractivity contribution < 1.29 is 14.6 Å². The van der Waals surface area contributed by atoms with Gasteiger partial charge in [0.05, 0.1) is 24.5 Å². The molecule has 2 fully saturated rings. The molecule has 0 radical (unpaired) electrons. The van der Waals surface area contributed by atoms with Crippen LogP contribution in [0.4, 0.5) is 5.95 Å². The maximum Gasteiger partial charge on any atom is 0.225 e. The number of nitrogens with zero attached hydrogens (tertiary/aromatic N) is 4. The number of aliphatic hydroxyl groups is 1. The zero-order valence-electron chi connectivity index (χ0n) is 16.3. The molecule has 3 heterocycles. The van der Waals surface area contributed by atoms with Gasteiger partial charge in [-0.3, -0.25) is 4.79 Å². The first-order valence-corrected chi connectivity index (χ1v) is 10.5. The molecule has 1 aliphatic heterocycles. The fourth-order valence-electron chi connectivity index (χ4n) is 3.83. The average molecular weight is 426 g/mol. The summed E-state index contributed by atoms with van der Waals surface area (Å²) in [7, 11) is 2.68. The van der Waals surface area contributed by atoms with Crippen LogP contribution in [0.25, 0.3) is 11.0 Å². The average Bonchev–Trinajstić information content (AvgIpc) is 3.15. The molecular weight excluding hydrogens is 403 g/mol. The van der Waals surface area contributed by atoms with E-state index >= 15 is 0 Å². The Hall–Kier alpha value is -2.77. The number of amides is 1. The van der Waals surface area contributed by atoms with E-state index in [1.54, 1.807) is 18.7 Å². The molecule has 30 heavy (non-hydrogen) atoms. The number of fused-ring (bicyclic) bond motifs is 1. The number of anilines is 1. The van der Waals surface area contributed by atoms with Gasteiger partial charge in [-0.1, -0.05) is 0 Å². The van der Waals surface area contributed by atoms with E-state index in [1.807, 2.05) is 17.0 Å². The lowest BCUT2D eigenvalue weighted by atomic mass is 9.81. The number of imidazole rings is 1. The minimum Gasteiger partial charge on any atom is -0.488 e. The standard InChI is InChI=1S/C20H23N6O3P/c27-9-11-5-21-20(22-6-11)26-7-13(8-26)25-19(28)12-1-14(2-12)29-17-4-15(30)3-16-18(17)24-10-23-16/h3-6,10,12-14,27H,1-2,7-9,30H2,(H,23,24)(H,25,28). The van der Waals surface area contributed by atoms with Crippen LogP contribution in [0.1, 0.15) is 18.4 Å². The number of aliphatic hydroxyl groups excluding tert-OH is 1. The molecule has 1 aromatic carbocycles. The molecule has 3 aromatic rings. The number of hydrogen-bond acceptors (Lipinski definition) is 7. The molecule has 3 N–H and O–H groups in total. The lowest BCUT2D eigenvalue weighted by molar-refractivity contribution is -0.131. The Balaban J connectivity index is 1.09. The number of benzene rings is 1. The van der Waals surface area contributed by atoms with Gasteiger partial charge in [-0.15, -0.1) is 9.24 Å². The summed E-state index contributed by atoms with van der Waals surface area (Å²) in [4.78, 5) is 30.4. The first kappa shape index (κ1) is 19.2. The van der Waals surface area contributed by atoms with E-state index in [0.717, 1.165) is 22.1 Å². The molecule has 1 aliphatic carbocycles. The highest BCUT2D eigenvalue weighted by atomic mass is 31.0. The summed E-state index contributed by atoms with van der Waals surface area (Å²) in [6.07, 6.45) is 6.34. The van der Waals surface area contributed by atoms with Crippen LogP contribution in [-0.4, -0.2) is 56.2 Å². The van der Waals surface area contributed by atoms with E-state index in [0.29, 0.717) is 37.4 Å². The second-order valence-electron chi connectivity index (χ2n) is 7.89. The number of nitrogens with one attached hydrogen (secondary N) is 2. The molecule has 5 rings (SSSR count). The predicted octanol–water partition coefficient (Wildman–Crippen LogP) is 0.508. The number of rotatable bonds is 6. The van der Waals surface area contributed by atoms with Gasteiger partial charge in [-0.2, -0.15) is 0 Å². The maximum absolute atomic E-state index is 12.5. The summed E-state index contributed by atoms with van der Waals surface area (Å²) in [5, 5.41) is 13.2. The number of hydrogen-bond donors (Lipinski definition) is 3. The van der Waals surface area contributed by atoms with Gasteiger partial charge in [-0.25, -0.2) is 15.0 Å². The van der Waals surface area contributed by atoms with Gasteiger partial charge in [0.2, 0.25) is 11.9 Å². The largest absolute Gasteiger partial charge is 0.488 e. The van der Waals surface area contributed by atoms with Crippen molar-refractivity contribution in [2.75, 3.05) is 18.0 Å². The van der Waals surface area contributed by atoms with Gasteiger partial charge < -0.3 is 25.0 Å². The topological polar surface area (TPSA) is 116 Å². The Labute approximate surface area is 175 Å². The quantitative estimate of drug-likeness (QED) is 0.492. The third-order valence-corrected chi connectivity index (χ3v) is 5.99. The van der Waals surface area contributed by atoms with Gasteiger partial charge in [-0.05, 0) is 30.3 Å². The Morgan fingerprint density at radius 1 is 1.27 bits per heavy atom. The predicted molar refractivity (Wildman–Crippen MR) is 115 cm³/mol. The van der Waals surface area contributed by atoms with Crippen molar-refractivity contribution in [3.05, 3.63) is 36.4 Å². The van der Waals surface area contributed by atoms with E-state index in [9.17, 15) is 4.79 Å². The SMILES string of the molecule is O=C(NC1CN(c2ncc(CO)cn2)C1)C1CC(Oc2cc(P)cc3[nH]cnc23)C1. The number of carbonyl (C=O) groups is 1. The number of aromatic amines is 1. The minimum absolute atomic E-state index is 0.0157. The molecule has 2 aromatic heterocycles. The summed E-state index contributed by atoms with van der Waals surface area (Å²) < 4.78 is 6.10. The molecule has 1 saturated carbocycles. The summed E-state index contributed by atoms with van der Waals surface area (Å²) >= 11 is 0. The first-order valence-electron chi connectivity index (χ1n) is 9.95. The van der Waals surface area contributed by atoms with Crippen molar-refractivity contribution in [2.24, 2.45) is 5.92 Å². The Morgan fingerprint density at radius 3 is 2.77 bits per heavy atom. The summed E-state index contributed by atoms with van der Waals surface area (Å²) in [5.74, 6) is 1.44. The zero-order valence-corrected chi connectivity index (χ0v) is 17.4. The fourth-order valence-corrected chi connectivity index (χ4v) is 4.15. The van der Waals surface area contributed by atoms with Crippen molar-refractivity contribution in [1.82, 2.24) is 25.3 Å². The van der Waals surface area contributed by atoms with Gasteiger partial charge in [0, 0.05) is 37.0 Å². The maximum atomic E-state index is 12.5. The van der Waals surface area contributed by atoms with Crippen molar-refractivity contribution in [2.45, 2.75) is 31.6 Å². The van der Waals surface area contributed by atoms with Crippen LogP contribution in [0.2, 0.25) is 0 Å². The van der Waals surface area contributed by atoms with Crippen LogP contribution in [0.5, 0.6) is 5.75 Å². The summed E-state index contributed by atoms with van der Waals surface area (Å²) in [6, 6.07) is 4.07. The van der Waals surface area contributed by atoms with Crippen LogP contribution in [-0.2, 0) is 11.4 Å². The Bertz CT molecular complexity index is 1060. The van der Waals surface area contributed by atoms with Crippen molar-refractivity contribution in [1.29, 1.82) is 0 Å². The van der Waals surface area contributed by atoms with Gasteiger partial charge in [0.15, 0.2) is 0 Å². The Morgan fingerprint density at radius 2 is 2.03 bits per heavy atom. The Kier molecular flexibility index (Phi) is 5.00. The monoisotopic (exact) mass is 426 g/mol. The van der Waals surface area contributed by atoms with E-state index in [1.165, 1.54) is 0 Å². The number of aromatic nitrogens is 4. The fraction of sp³-hybridized carbons (Fsp3) is 0.400. The third kappa shape index (κ3) is 3.70. The van der Waals surface area contributed by atoms with E-state index in [4.69, 9.17) is 9.84 Å². The number of ether oxygens (including phenoxy) is 1. The highest BCUT2D eigenvalue weighted by molar-refractivity contribution is 7.27. The van der Waals surface area contributed by atoms with Gasteiger partial charge in [0.1, 0.15) is 17.4 Å². The van der Waals surface area contributed by atoms with E-state index < -0.39 is 0 Å². The van der Waals surface area contributed by atoms with Crippen LogP contribution in [0.15, 0.2) is 30.9 Å². The highest BCUT2D eigenvalue weighted by Gasteiger charge is 2.39. The molecule has 0 spiro atoms. The molecule has 1 amide bonds. The normalized spacial score (nSPS) is 21.2. The van der Waals surface area contributed by atoms with Crippen LogP contribution in [0, 0.1) is 5.92 Å². The summed E-state index contributed by atoms with van der Waals surface area (Å²) in [5.41, 5.74) is 2.44. The van der Waals surface area contributed by atoms with E-state index in [2.05, 4.69) is 34.5 Å². The molecule has 1 unspecified atom stereocenters. The van der Waals surface area contributed by atoms with E-state index in [-0.39, 0.29) is 30.6 Å². The van der Waals surface area contributed by atoms with Crippen LogP contribution in [0.3, 0.4) is 0 Å². The smallest absolute Gasteiger partial charge is 0.225 e. The number of carbonyl (C=O) groups excluding carboxylic acids is 1. The minimum atomic E-state index is -0.0690. The van der Waals surface area contributed by atoms with Crippen molar-refractivity contribution >= 4 is 37.4 Å². The molecule has 1 saturated heterocycles. The lowest BCUT2D eigenvalue weighted by Crippen LogP contribution is -2.61. The second kappa shape index (κ2) is 7.81. The lowest BCUT2D eigenvalue weighted by Gasteiger charge is -2.41. The number of H-pyrrole nitrogens is 1. The third-order valence-electron chi connectivity index (χ3n) is 5.66. The summed E-state index contributed by atoms with van der Waals surface area (Å²) in [6.45, 7) is 1.31. The molecule has 0 bridgehead atoms. The van der Waals surface area contributed by atoms with Crippen molar-refractivity contribution in [3.8, 4) is 5.75 Å². The van der Waals surface area contributed by atoms with Gasteiger partial charge >= 0.3 is 0 Å². The molecular formula is C20H23N6O3P. The molecule has 10 heteroatoms.